The highest BCUT2D eigenvalue weighted by molar-refractivity contribution is 5.95. The van der Waals surface area contributed by atoms with Gasteiger partial charge in [0.1, 0.15) is 17.2 Å². The Morgan fingerprint density at radius 1 is 1.00 bits per heavy atom. The molecule has 0 N–H and O–H groups in total. The smallest absolute Gasteiger partial charge is 0.272 e. The van der Waals surface area contributed by atoms with Crippen molar-refractivity contribution in [2.45, 2.75) is 13.8 Å². The third-order valence-corrected chi connectivity index (χ3v) is 5.25. The van der Waals surface area contributed by atoms with Crippen LogP contribution in [0.15, 0.2) is 36.8 Å². The molecule has 28 heavy (non-hydrogen) atoms. The molecule has 0 bridgehead atoms. The van der Waals surface area contributed by atoms with Crippen LogP contribution in [-0.4, -0.2) is 66.0 Å². The molecule has 0 aliphatic carbocycles. The van der Waals surface area contributed by atoms with E-state index in [0.717, 1.165) is 28.6 Å². The second kappa shape index (κ2) is 6.29. The Morgan fingerprint density at radius 3 is 2.64 bits per heavy atom. The molecule has 1 fully saturated rings. The second-order valence-electron chi connectivity index (χ2n) is 6.95. The van der Waals surface area contributed by atoms with E-state index in [1.165, 1.54) is 0 Å². The Hall–Kier alpha value is -3.49. The molecule has 0 radical (unpaired) electrons. The largest absolute Gasteiger partial charge is 0.350 e. The van der Waals surface area contributed by atoms with Crippen molar-refractivity contribution in [3.63, 3.8) is 0 Å². The molecule has 9 heteroatoms. The second-order valence-corrected chi connectivity index (χ2v) is 6.95. The van der Waals surface area contributed by atoms with E-state index in [0.29, 0.717) is 31.9 Å². The van der Waals surface area contributed by atoms with E-state index in [1.54, 1.807) is 6.20 Å². The fourth-order valence-electron chi connectivity index (χ4n) is 3.79. The molecule has 5 rings (SSSR count). The van der Waals surface area contributed by atoms with Gasteiger partial charge in [0, 0.05) is 44.8 Å². The quantitative estimate of drug-likeness (QED) is 0.525. The number of anilines is 1. The first kappa shape index (κ1) is 16.7. The van der Waals surface area contributed by atoms with Crippen molar-refractivity contribution < 1.29 is 4.79 Å². The van der Waals surface area contributed by atoms with E-state index in [1.807, 2.05) is 58.1 Å². The van der Waals surface area contributed by atoms with Gasteiger partial charge in [-0.3, -0.25) is 13.6 Å². The molecule has 9 nitrogen and oxygen atoms in total. The Kier molecular flexibility index (Phi) is 3.75. The van der Waals surface area contributed by atoms with Crippen molar-refractivity contribution in [1.82, 2.24) is 33.9 Å². The van der Waals surface area contributed by atoms with Crippen molar-refractivity contribution in [2.24, 2.45) is 0 Å². The number of rotatable bonds is 2. The number of piperazine rings is 1. The number of amides is 1. The average Bonchev–Trinajstić information content (AvgIpc) is 3.27. The molecule has 5 heterocycles. The van der Waals surface area contributed by atoms with Gasteiger partial charge in [0.25, 0.3) is 5.91 Å². The first-order valence-corrected chi connectivity index (χ1v) is 9.28. The predicted molar refractivity (Wildman–Crippen MR) is 104 cm³/mol. The lowest BCUT2D eigenvalue weighted by Crippen LogP contribution is -2.49. The Labute approximate surface area is 161 Å². The average molecular weight is 376 g/mol. The number of aryl methyl sites for hydroxylation is 2. The van der Waals surface area contributed by atoms with Gasteiger partial charge in [0.15, 0.2) is 5.82 Å². The number of hydrogen-bond acceptors (Lipinski definition) is 6. The molecule has 4 aromatic rings. The van der Waals surface area contributed by atoms with Gasteiger partial charge < -0.3 is 9.80 Å². The maximum Gasteiger partial charge on any atom is 0.272 e. The first-order valence-electron chi connectivity index (χ1n) is 9.28. The number of carbonyl (C=O) groups excluding carboxylic acids is 1. The molecule has 1 amide bonds. The summed E-state index contributed by atoms with van der Waals surface area (Å²) in [6.45, 7) is 6.43. The van der Waals surface area contributed by atoms with Crippen molar-refractivity contribution >= 4 is 23.0 Å². The van der Waals surface area contributed by atoms with Gasteiger partial charge in [-0.1, -0.05) is 6.07 Å². The molecule has 0 spiro atoms. The lowest BCUT2D eigenvalue weighted by molar-refractivity contribution is 0.0739. The number of carbonyl (C=O) groups is 1. The molecule has 0 saturated carbocycles. The molecule has 0 unspecified atom stereocenters. The van der Waals surface area contributed by atoms with Crippen LogP contribution in [0.25, 0.3) is 11.3 Å². The topological polar surface area (TPSA) is 83.9 Å². The standard InChI is InChI=1S/C19H20N8O/c1-13-16(27-7-4-3-5-15(27)21-13)19(28)25-11-9-24(10-12-25)17-18-23-22-14(2)26(18)8-6-20-17/h3-8H,9-12H2,1-2H3. The maximum absolute atomic E-state index is 13.2. The zero-order chi connectivity index (χ0) is 19.3. The zero-order valence-electron chi connectivity index (χ0n) is 15.8. The molecule has 142 valence electrons. The summed E-state index contributed by atoms with van der Waals surface area (Å²) in [4.78, 5) is 26.2. The number of hydrogen-bond donors (Lipinski definition) is 0. The van der Waals surface area contributed by atoms with Gasteiger partial charge in [-0.25, -0.2) is 9.97 Å². The van der Waals surface area contributed by atoms with Gasteiger partial charge in [0.2, 0.25) is 5.65 Å². The SMILES string of the molecule is Cc1nc2ccccn2c1C(=O)N1CCN(c2nccn3c(C)nnc23)CC1. The van der Waals surface area contributed by atoms with Gasteiger partial charge in [-0.2, -0.15) is 0 Å². The maximum atomic E-state index is 13.2. The molecule has 1 aliphatic heterocycles. The Morgan fingerprint density at radius 2 is 1.82 bits per heavy atom. The van der Waals surface area contributed by atoms with Gasteiger partial charge >= 0.3 is 0 Å². The minimum atomic E-state index is 0.0142. The zero-order valence-corrected chi connectivity index (χ0v) is 15.8. The molecule has 4 aromatic heterocycles. The summed E-state index contributed by atoms with van der Waals surface area (Å²) < 4.78 is 3.80. The third kappa shape index (κ3) is 2.50. The van der Waals surface area contributed by atoms with Crippen molar-refractivity contribution in [1.29, 1.82) is 0 Å². The number of nitrogens with zero attached hydrogens (tertiary/aromatic N) is 8. The Bertz CT molecular complexity index is 1190. The molecule has 0 aromatic carbocycles. The third-order valence-electron chi connectivity index (χ3n) is 5.25. The minimum Gasteiger partial charge on any atom is -0.350 e. The summed E-state index contributed by atoms with van der Waals surface area (Å²) in [7, 11) is 0. The summed E-state index contributed by atoms with van der Waals surface area (Å²) in [6.07, 6.45) is 5.51. The summed E-state index contributed by atoms with van der Waals surface area (Å²) >= 11 is 0. The van der Waals surface area contributed by atoms with E-state index < -0.39 is 0 Å². The predicted octanol–water partition coefficient (Wildman–Crippen LogP) is 1.35. The highest BCUT2D eigenvalue weighted by Gasteiger charge is 2.27. The Balaban J connectivity index is 1.38. The molecular formula is C19H20N8O. The summed E-state index contributed by atoms with van der Waals surface area (Å²) in [5.74, 6) is 1.65. The van der Waals surface area contributed by atoms with Crippen LogP contribution in [0.5, 0.6) is 0 Å². The van der Waals surface area contributed by atoms with E-state index in [2.05, 4.69) is 25.1 Å². The highest BCUT2D eigenvalue weighted by atomic mass is 16.2. The van der Waals surface area contributed by atoms with Gasteiger partial charge in [0.05, 0.1) is 5.69 Å². The fourth-order valence-corrected chi connectivity index (χ4v) is 3.79. The van der Waals surface area contributed by atoms with Crippen LogP contribution in [0, 0.1) is 13.8 Å². The van der Waals surface area contributed by atoms with Crippen LogP contribution < -0.4 is 4.90 Å². The van der Waals surface area contributed by atoms with Crippen LogP contribution >= 0.6 is 0 Å². The van der Waals surface area contributed by atoms with Crippen molar-refractivity contribution in [3.05, 3.63) is 54.0 Å². The lowest BCUT2D eigenvalue weighted by atomic mass is 10.2. The van der Waals surface area contributed by atoms with Crippen molar-refractivity contribution in [2.75, 3.05) is 31.1 Å². The van der Waals surface area contributed by atoms with E-state index >= 15 is 0 Å². The number of fused-ring (bicyclic) bond motifs is 2. The monoisotopic (exact) mass is 376 g/mol. The van der Waals surface area contributed by atoms with E-state index in [4.69, 9.17) is 0 Å². The molecular weight excluding hydrogens is 356 g/mol. The van der Waals surface area contributed by atoms with Gasteiger partial charge in [-0.15, -0.1) is 10.2 Å². The number of aromatic nitrogens is 6. The molecule has 1 saturated heterocycles. The van der Waals surface area contributed by atoms with Crippen LogP contribution in [-0.2, 0) is 0 Å². The summed E-state index contributed by atoms with van der Waals surface area (Å²) in [5.41, 5.74) is 2.93. The van der Waals surface area contributed by atoms with E-state index in [-0.39, 0.29) is 5.91 Å². The normalized spacial score (nSPS) is 14.9. The minimum absolute atomic E-state index is 0.0142. The van der Waals surface area contributed by atoms with Crippen LogP contribution in [0.3, 0.4) is 0 Å². The van der Waals surface area contributed by atoms with Gasteiger partial charge in [-0.05, 0) is 26.0 Å². The van der Waals surface area contributed by atoms with Crippen molar-refractivity contribution in [3.8, 4) is 0 Å². The number of pyridine rings is 1. The highest BCUT2D eigenvalue weighted by Crippen LogP contribution is 2.21. The number of imidazole rings is 1. The van der Waals surface area contributed by atoms with Crippen LogP contribution in [0.2, 0.25) is 0 Å². The fraction of sp³-hybridized carbons (Fsp3) is 0.316. The summed E-state index contributed by atoms with van der Waals surface area (Å²) in [5, 5.41) is 8.39. The molecule has 1 aliphatic rings. The summed E-state index contributed by atoms with van der Waals surface area (Å²) in [6, 6.07) is 5.75. The first-order chi connectivity index (χ1) is 13.6. The molecule has 0 atom stereocenters. The van der Waals surface area contributed by atoms with E-state index in [9.17, 15) is 4.79 Å². The van der Waals surface area contributed by atoms with Crippen LogP contribution in [0.4, 0.5) is 5.82 Å². The lowest BCUT2D eigenvalue weighted by Gasteiger charge is -2.35. The van der Waals surface area contributed by atoms with Crippen LogP contribution in [0.1, 0.15) is 22.0 Å².